The van der Waals surface area contributed by atoms with Crippen molar-refractivity contribution in [3.8, 4) is 5.75 Å². The number of rotatable bonds is 6. The number of nitrogens with one attached hydrogen (secondary N) is 1. The molecule has 1 aromatic rings. The van der Waals surface area contributed by atoms with Crippen LogP contribution in [-0.2, 0) is 6.54 Å². The summed E-state index contributed by atoms with van der Waals surface area (Å²) in [4.78, 5) is 0. The smallest absolute Gasteiger partial charge is 0.137 e. The van der Waals surface area contributed by atoms with Gasteiger partial charge in [-0.25, -0.2) is 0 Å². The summed E-state index contributed by atoms with van der Waals surface area (Å²) in [7, 11) is 0. The van der Waals surface area contributed by atoms with Gasteiger partial charge in [0.2, 0.25) is 0 Å². The number of benzene rings is 1. The summed E-state index contributed by atoms with van der Waals surface area (Å²) < 4.78 is 6.79. The normalized spacial score (nSPS) is 13.4. The van der Waals surface area contributed by atoms with Crippen LogP contribution in [0.15, 0.2) is 22.7 Å². The Hall–Kier alpha value is -0.580. The van der Waals surface area contributed by atoms with Crippen LogP contribution in [0.25, 0.3) is 0 Å². The first-order valence-corrected chi connectivity index (χ1v) is 7.39. The van der Waals surface area contributed by atoms with Gasteiger partial charge in [-0.3, -0.25) is 0 Å². The van der Waals surface area contributed by atoms with E-state index in [0.717, 1.165) is 22.3 Å². The molecular weight excluding hydrogens is 306 g/mol. The molecule has 0 saturated heterocycles. The van der Waals surface area contributed by atoms with Gasteiger partial charge < -0.3 is 15.2 Å². The van der Waals surface area contributed by atoms with Crippen molar-refractivity contribution in [3.63, 3.8) is 0 Å². The van der Waals surface area contributed by atoms with Gasteiger partial charge in [-0.2, -0.15) is 0 Å². The Morgan fingerprint density at radius 3 is 2.63 bits per heavy atom. The molecule has 0 spiro atoms. The van der Waals surface area contributed by atoms with Crippen molar-refractivity contribution in [2.24, 2.45) is 5.92 Å². The molecule has 0 aromatic heterocycles. The topological polar surface area (TPSA) is 41.5 Å². The van der Waals surface area contributed by atoms with E-state index in [1.807, 2.05) is 19.1 Å². The number of halogens is 1. The first-order chi connectivity index (χ1) is 8.83. The summed E-state index contributed by atoms with van der Waals surface area (Å²) in [5, 5.41) is 12.5. The standard InChI is InChI=1S/C15H24BrNO2/c1-11(9-18)10-19-14-12(6-5-7-13(14)16)8-17-15(2,3)4/h5-7,11,17-18H,8-10H2,1-4H3. The Morgan fingerprint density at radius 2 is 2.05 bits per heavy atom. The van der Waals surface area contributed by atoms with Gasteiger partial charge >= 0.3 is 0 Å². The van der Waals surface area contributed by atoms with Gasteiger partial charge in [-0.05, 0) is 42.8 Å². The quantitative estimate of drug-likeness (QED) is 0.841. The SMILES string of the molecule is CC(CO)COc1c(Br)cccc1CNC(C)(C)C. The van der Waals surface area contributed by atoms with Crippen molar-refractivity contribution < 1.29 is 9.84 Å². The molecule has 108 valence electrons. The highest BCUT2D eigenvalue weighted by atomic mass is 79.9. The van der Waals surface area contributed by atoms with Crippen LogP contribution >= 0.6 is 15.9 Å². The highest BCUT2D eigenvalue weighted by Gasteiger charge is 2.13. The molecule has 1 unspecified atom stereocenters. The first-order valence-electron chi connectivity index (χ1n) is 6.59. The molecule has 1 aromatic carbocycles. The fourth-order valence-corrected chi connectivity index (χ4v) is 2.01. The summed E-state index contributed by atoms with van der Waals surface area (Å²) in [5.41, 5.74) is 1.19. The molecule has 0 aliphatic heterocycles. The lowest BCUT2D eigenvalue weighted by Crippen LogP contribution is -2.35. The van der Waals surface area contributed by atoms with Crippen molar-refractivity contribution in [1.82, 2.24) is 5.32 Å². The van der Waals surface area contributed by atoms with Crippen molar-refractivity contribution in [1.29, 1.82) is 0 Å². The van der Waals surface area contributed by atoms with Crippen LogP contribution in [0.5, 0.6) is 5.75 Å². The largest absolute Gasteiger partial charge is 0.492 e. The van der Waals surface area contributed by atoms with E-state index >= 15 is 0 Å². The predicted molar refractivity (Wildman–Crippen MR) is 82.5 cm³/mol. The Kier molecular flexibility index (Phi) is 6.30. The molecule has 0 radical (unpaired) electrons. The summed E-state index contributed by atoms with van der Waals surface area (Å²) in [5.74, 6) is 0.995. The van der Waals surface area contributed by atoms with Gasteiger partial charge in [-0.15, -0.1) is 0 Å². The Labute approximate surface area is 124 Å². The van der Waals surface area contributed by atoms with Crippen LogP contribution < -0.4 is 10.1 Å². The average molecular weight is 330 g/mol. The molecule has 0 aliphatic rings. The molecule has 0 amide bonds. The van der Waals surface area contributed by atoms with Gasteiger partial charge in [0.15, 0.2) is 0 Å². The van der Waals surface area contributed by atoms with Crippen molar-refractivity contribution >= 4 is 15.9 Å². The number of hydrogen-bond acceptors (Lipinski definition) is 3. The molecule has 4 heteroatoms. The monoisotopic (exact) mass is 329 g/mol. The highest BCUT2D eigenvalue weighted by Crippen LogP contribution is 2.29. The minimum atomic E-state index is 0.0674. The van der Waals surface area contributed by atoms with Crippen molar-refractivity contribution in [2.45, 2.75) is 39.8 Å². The molecule has 0 saturated carbocycles. The Bertz CT molecular complexity index is 402. The summed E-state index contributed by atoms with van der Waals surface area (Å²) in [6, 6.07) is 6.04. The Morgan fingerprint density at radius 1 is 1.37 bits per heavy atom. The number of hydrogen-bond donors (Lipinski definition) is 2. The van der Waals surface area contributed by atoms with E-state index in [9.17, 15) is 0 Å². The van der Waals surface area contributed by atoms with Crippen molar-refractivity contribution in [3.05, 3.63) is 28.2 Å². The number of aliphatic hydroxyl groups excluding tert-OH is 1. The lowest BCUT2D eigenvalue weighted by molar-refractivity contribution is 0.173. The van der Waals surface area contributed by atoms with Crippen LogP contribution in [0.2, 0.25) is 0 Å². The van der Waals surface area contributed by atoms with Gasteiger partial charge in [0.25, 0.3) is 0 Å². The third kappa shape index (κ3) is 5.93. The minimum absolute atomic E-state index is 0.0674. The minimum Gasteiger partial charge on any atom is -0.492 e. The zero-order valence-corrected chi connectivity index (χ0v) is 13.8. The van der Waals surface area contributed by atoms with E-state index in [4.69, 9.17) is 9.84 Å². The molecule has 19 heavy (non-hydrogen) atoms. The number of ether oxygens (including phenoxy) is 1. The fourth-order valence-electron chi connectivity index (χ4n) is 1.49. The van der Waals surface area contributed by atoms with Crippen LogP contribution in [-0.4, -0.2) is 23.9 Å². The van der Waals surface area contributed by atoms with E-state index in [1.165, 1.54) is 0 Å². The number of aliphatic hydroxyl groups is 1. The second-order valence-corrected chi connectivity index (χ2v) is 6.78. The molecule has 0 fully saturated rings. The molecule has 3 nitrogen and oxygen atoms in total. The van der Waals surface area contributed by atoms with Crippen molar-refractivity contribution in [2.75, 3.05) is 13.2 Å². The summed E-state index contributed by atoms with van der Waals surface area (Å²) >= 11 is 3.52. The third-order valence-corrected chi connectivity index (χ3v) is 3.31. The Balaban J connectivity index is 2.77. The van der Waals surface area contributed by atoms with E-state index in [0.29, 0.717) is 6.61 Å². The van der Waals surface area contributed by atoms with Gasteiger partial charge in [0.1, 0.15) is 5.75 Å². The van der Waals surface area contributed by atoms with E-state index in [-0.39, 0.29) is 18.1 Å². The van der Waals surface area contributed by atoms with Crippen LogP contribution in [0, 0.1) is 5.92 Å². The highest BCUT2D eigenvalue weighted by molar-refractivity contribution is 9.10. The lowest BCUT2D eigenvalue weighted by Gasteiger charge is -2.22. The van der Waals surface area contributed by atoms with Crippen LogP contribution in [0.3, 0.4) is 0 Å². The molecule has 0 heterocycles. The maximum Gasteiger partial charge on any atom is 0.137 e. The van der Waals surface area contributed by atoms with Crippen LogP contribution in [0.1, 0.15) is 33.3 Å². The molecule has 2 N–H and O–H groups in total. The van der Waals surface area contributed by atoms with E-state index in [1.54, 1.807) is 0 Å². The fraction of sp³-hybridized carbons (Fsp3) is 0.600. The zero-order valence-electron chi connectivity index (χ0n) is 12.2. The van der Waals surface area contributed by atoms with Gasteiger partial charge in [-0.1, -0.05) is 19.1 Å². The zero-order chi connectivity index (χ0) is 14.5. The maximum atomic E-state index is 9.06. The van der Waals surface area contributed by atoms with E-state index < -0.39 is 0 Å². The lowest BCUT2D eigenvalue weighted by atomic mass is 10.1. The second kappa shape index (κ2) is 7.27. The summed E-state index contributed by atoms with van der Waals surface area (Å²) in [6.07, 6.45) is 0. The maximum absolute atomic E-state index is 9.06. The third-order valence-electron chi connectivity index (χ3n) is 2.68. The predicted octanol–water partition coefficient (Wildman–Crippen LogP) is 3.34. The van der Waals surface area contributed by atoms with Gasteiger partial charge in [0.05, 0.1) is 11.1 Å². The molecule has 1 rings (SSSR count). The first kappa shape index (κ1) is 16.5. The van der Waals surface area contributed by atoms with Gasteiger partial charge in [0, 0.05) is 30.2 Å². The summed E-state index contributed by atoms with van der Waals surface area (Å²) in [6.45, 7) is 9.79. The number of para-hydroxylation sites is 1. The van der Waals surface area contributed by atoms with Crippen LogP contribution in [0.4, 0.5) is 0 Å². The second-order valence-electron chi connectivity index (χ2n) is 5.93. The molecule has 0 aliphatic carbocycles. The average Bonchev–Trinajstić information content (AvgIpc) is 2.33. The van der Waals surface area contributed by atoms with E-state index in [2.05, 4.69) is 48.1 Å². The molecule has 1 atom stereocenters. The molecular formula is C15H24BrNO2. The molecule has 0 bridgehead atoms.